The fourth-order valence-corrected chi connectivity index (χ4v) is 2.75. The zero-order chi connectivity index (χ0) is 14.8. The second-order valence-corrected chi connectivity index (χ2v) is 7.14. The van der Waals surface area contributed by atoms with E-state index in [0.29, 0.717) is 16.3 Å². The van der Waals surface area contributed by atoms with E-state index in [-0.39, 0.29) is 17.0 Å². The maximum atomic E-state index is 11.4. The van der Waals surface area contributed by atoms with Gasteiger partial charge in [-0.25, -0.2) is 9.97 Å². The van der Waals surface area contributed by atoms with Crippen molar-refractivity contribution in [2.75, 3.05) is 11.6 Å². The number of nitrogens with zero attached hydrogens (tertiary/aromatic N) is 3. The van der Waals surface area contributed by atoms with Crippen LogP contribution in [-0.2, 0) is 20.2 Å². The molecule has 0 aliphatic rings. The largest absolute Gasteiger partial charge is 0.324 e. The van der Waals surface area contributed by atoms with E-state index in [9.17, 15) is 8.76 Å². The Morgan fingerprint density at radius 1 is 1.30 bits per heavy atom. The predicted octanol–water partition coefficient (Wildman–Crippen LogP) is 3.02. The van der Waals surface area contributed by atoms with Crippen LogP contribution in [0.25, 0.3) is 0 Å². The van der Waals surface area contributed by atoms with Crippen LogP contribution >= 0.6 is 23.2 Å². The van der Waals surface area contributed by atoms with Gasteiger partial charge in [0.1, 0.15) is 12.6 Å². The van der Waals surface area contributed by atoms with Gasteiger partial charge in [0.15, 0.2) is 5.75 Å². The number of rotatable bonds is 4. The zero-order valence-corrected chi connectivity index (χ0v) is 12.7. The Labute approximate surface area is 126 Å². The minimum Gasteiger partial charge on any atom is -0.324 e. The third-order valence-corrected chi connectivity index (χ3v) is 3.46. The molecule has 0 aliphatic carbocycles. The maximum Gasteiger partial charge on any atom is 0.231 e. The van der Waals surface area contributed by atoms with Crippen LogP contribution < -0.4 is 5.32 Å². The molecule has 6 nitrogen and oxygen atoms in total. The first kappa shape index (κ1) is 15.1. The molecule has 106 valence electrons. The van der Waals surface area contributed by atoms with Crippen LogP contribution in [0.3, 0.4) is 0 Å². The van der Waals surface area contributed by atoms with Crippen molar-refractivity contribution < 1.29 is 8.76 Å². The van der Waals surface area contributed by atoms with Gasteiger partial charge in [0, 0.05) is 16.3 Å². The fraction of sp³-hybridized carbons (Fsp3) is 0.182. The molecule has 0 saturated heterocycles. The highest BCUT2D eigenvalue weighted by Crippen LogP contribution is 2.23. The minimum absolute atomic E-state index is 0.0141. The summed E-state index contributed by atoms with van der Waals surface area (Å²) in [6.07, 6.45) is 2.54. The SMILES string of the molecule is C[S+](=O)(O)Cc1cc(Cl)cc(Nc2ncnc(Cl)n2)c1. The van der Waals surface area contributed by atoms with Crippen LogP contribution in [0.1, 0.15) is 5.56 Å². The molecular weight excluding hydrogens is 323 g/mol. The van der Waals surface area contributed by atoms with Crippen molar-refractivity contribution in [3.63, 3.8) is 0 Å². The number of hydrogen-bond donors (Lipinski definition) is 2. The van der Waals surface area contributed by atoms with Gasteiger partial charge >= 0.3 is 0 Å². The van der Waals surface area contributed by atoms with E-state index in [0.717, 1.165) is 0 Å². The third kappa shape index (κ3) is 4.68. The maximum absolute atomic E-state index is 11.4. The molecule has 0 aliphatic heterocycles. The van der Waals surface area contributed by atoms with E-state index >= 15 is 0 Å². The third-order valence-electron chi connectivity index (χ3n) is 2.19. The molecule has 1 aromatic carbocycles. The molecule has 20 heavy (non-hydrogen) atoms. The Hall–Kier alpha value is -1.28. The molecule has 2 aromatic rings. The average Bonchev–Trinajstić information content (AvgIpc) is 2.25. The normalized spacial score (nSPS) is 13.8. The molecule has 0 spiro atoms. The van der Waals surface area contributed by atoms with E-state index in [4.69, 9.17) is 23.2 Å². The smallest absolute Gasteiger partial charge is 0.231 e. The van der Waals surface area contributed by atoms with Crippen molar-refractivity contribution >= 4 is 45.1 Å². The number of nitrogens with one attached hydrogen (secondary N) is 1. The lowest BCUT2D eigenvalue weighted by Gasteiger charge is -2.07. The first-order valence-electron chi connectivity index (χ1n) is 5.42. The summed E-state index contributed by atoms with van der Waals surface area (Å²) >= 11 is 11.6. The van der Waals surface area contributed by atoms with Crippen LogP contribution in [0.5, 0.6) is 0 Å². The summed E-state index contributed by atoms with van der Waals surface area (Å²) in [5.74, 6) is 0.277. The molecule has 0 radical (unpaired) electrons. The van der Waals surface area contributed by atoms with E-state index in [2.05, 4.69) is 20.3 Å². The molecule has 0 amide bonds. The molecule has 1 unspecified atom stereocenters. The van der Waals surface area contributed by atoms with E-state index < -0.39 is 10.2 Å². The van der Waals surface area contributed by atoms with E-state index in [1.807, 2.05) is 0 Å². The molecule has 1 heterocycles. The summed E-state index contributed by atoms with van der Waals surface area (Å²) in [5, 5.41) is 3.41. The summed E-state index contributed by atoms with van der Waals surface area (Å²) in [6.45, 7) is 0. The highest BCUT2D eigenvalue weighted by atomic mass is 35.5. The van der Waals surface area contributed by atoms with Crippen LogP contribution in [0.2, 0.25) is 10.3 Å². The molecule has 2 N–H and O–H groups in total. The topological polar surface area (TPSA) is 88.0 Å². The van der Waals surface area contributed by atoms with Crippen LogP contribution in [0, 0.1) is 0 Å². The number of hydrogen-bond acceptors (Lipinski definition) is 5. The number of benzene rings is 1. The molecule has 0 saturated carbocycles. The Kier molecular flexibility index (Phi) is 4.54. The van der Waals surface area contributed by atoms with Gasteiger partial charge in [-0.05, 0) is 29.8 Å². The fourth-order valence-electron chi connectivity index (χ4n) is 1.58. The van der Waals surface area contributed by atoms with Crippen molar-refractivity contribution in [1.29, 1.82) is 0 Å². The summed E-state index contributed by atoms with van der Waals surface area (Å²) < 4.78 is 20.8. The molecule has 1 aromatic heterocycles. The second kappa shape index (κ2) is 6.01. The van der Waals surface area contributed by atoms with Crippen molar-refractivity contribution in [2.45, 2.75) is 5.75 Å². The van der Waals surface area contributed by atoms with Gasteiger partial charge in [0.05, 0.1) is 0 Å². The van der Waals surface area contributed by atoms with Crippen LogP contribution in [0.4, 0.5) is 11.6 Å². The van der Waals surface area contributed by atoms with Crippen LogP contribution in [0.15, 0.2) is 24.5 Å². The first-order chi connectivity index (χ1) is 9.32. The van der Waals surface area contributed by atoms with Gasteiger partial charge in [-0.2, -0.15) is 9.54 Å². The molecule has 0 bridgehead atoms. The molecule has 0 fully saturated rings. The van der Waals surface area contributed by atoms with Gasteiger partial charge in [-0.15, -0.1) is 0 Å². The number of halogens is 2. The number of aromatic nitrogens is 3. The van der Waals surface area contributed by atoms with Gasteiger partial charge < -0.3 is 5.32 Å². The lowest BCUT2D eigenvalue weighted by molar-refractivity contribution is 0.502. The van der Waals surface area contributed by atoms with E-state index in [1.165, 1.54) is 12.6 Å². The Morgan fingerprint density at radius 3 is 2.70 bits per heavy atom. The molecular formula is C11H11Cl2N4O2S+. The van der Waals surface area contributed by atoms with Gasteiger partial charge in [0.2, 0.25) is 21.4 Å². The van der Waals surface area contributed by atoms with Gasteiger partial charge in [-0.3, -0.25) is 0 Å². The zero-order valence-electron chi connectivity index (χ0n) is 10.4. The summed E-state index contributed by atoms with van der Waals surface area (Å²) in [5.41, 5.74) is 1.23. The number of anilines is 2. The molecule has 2 rings (SSSR count). The van der Waals surface area contributed by atoms with Gasteiger partial charge in [0.25, 0.3) is 0 Å². The Morgan fingerprint density at radius 2 is 2.05 bits per heavy atom. The molecule has 1 atom stereocenters. The lowest BCUT2D eigenvalue weighted by Crippen LogP contribution is -2.09. The Bertz CT molecular complexity index is 677. The highest BCUT2D eigenvalue weighted by Gasteiger charge is 2.18. The van der Waals surface area contributed by atoms with Gasteiger partial charge in [-0.1, -0.05) is 15.8 Å². The quantitative estimate of drug-likeness (QED) is 0.836. The highest BCUT2D eigenvalue weighted by molar-refractivity contribution is 7.96. The molecule has 9 heteroatoms. The second-order valence-electron chi connectivity index (χ2n) is 4.16. The minimum atomic E-state index is -2.89. The lowest BCUT2D eigenvalue weighted by atomic mass is 10.2. The summed E-state index contributed by atoms with van der Waals surface area (Å²) in [4.78, 5) is 11.5. The summed E-state index contributed by atoms with van der Waals surface area (Å²) in [6, 6.07) is 4.98. The van der Waals surface area contributed by atoms with E-state index in [1.54, 1.807) is 18.2 Å². The monoisotopic (exact) mass is 333 g/mol. The average molecular weight is 334 g/mol. The predicted molar refractivity (Wildman–Crippen MR) is 79.9 cm³/mol. The Balaban J connectivity index is 2.26. The summed E-state index contributed by atoms with van der Waals surface area (Å²) in [7, 11) is -2.89. The van der Waals surface area contributed by atoms with Crippen molar-refractivity contribution in [2.24, 2.45) is 0 Å². The first-order valence-corrected chi connectivity index (χ1v) is 8.27. The van der Waals surface area contributed by atoms with Crippen molar-refractivity contribution in [3.05, 3.63) is 40.4 Å². The van der Waals surface area contributed by atoms with Crippen molar-refractivity contribution in [1.82, 2.24) is 15.0 Å². The van der Waals surface area contributed by atoms with Crippen molar-refractivity contribution in [3.8, 4) is 0 Å². The van der Waals surface area contributed by atoms with Crippen LogP contribution in [-0.4, -0.2) is 25.8 Å². The standard InChI is InChI=1S/C11H10Cl2N4O2S/c1-20(18,19)5-7-2-8(12)4-9(3-7)16-11-15-6-14-10(13)17-11/h2-4,6H,5H2,1H3,(H-,14,15,16,17,18,19)/p+1.